The van der Waals surface area contributed by atoms with E-state index < -0.39 is 0 Å². The van der Waals surface area contributed by atoms with Crippen molar-refractivity contribution in [2.75, 3.05) is 12.4 Å². The second-order valence-electron chi connectivity index (χ2n) is 6.64. The van der Waals surface area contributed by atoms with Crippen LogP contribution in [0.15, 0.2) is 42.6 Å². The van der Waals surface area contributed by atoms with E-state index in [1.54, 1.807) is 0 Å². The lowest BCUT2D eigenvalue weighted by atomic mass is 9.86. The molecule has 27 heavy (non-hydrogen) atoms. The highest BCUT2D eigenvalue weighted by Gasteiger charge is 2.26. The van der Waals surface area contributed by atoms with E-state index in [1.807, 2.05) is 42.6 Å². The Morgan fingerprint density at radius 3 is 2.26 bits per heavy atom. The molecule has 1 aromatic heterocycles. The zero-order chi connectivity index (χ0) is 18.5. The number of hydrogen-bond donors (Lipinski definition) is 3. The number of pyridine rings is 1. The maximum atomic E-state index is 11.6. The first-order chi connectivity index (χ1) is 12.6. The lowest BCUT2D eigenvalue weighted by molar-refractivity contribution is -0.146. The van der Waals surface area contributed by atoms with Crippen molar-refractivity contribution in [2.24, 2.45) is 11.7 Å². The molecule has 1 heterocycles. The Morgan fingerprint density at radius 2 is 1.74 bits per heavy atom. The summed E-state index contributed by atoms with van der Waals surface area (Å²) in [6.45, 7) is 0. The number of carbonyl (C=O) groups excluding carboxylic acids is 1. The summed E-state index contributed by atoms with van der Waals surface area (Å²) < 4.78 is 4.83. The third-order valence-electron chi connectivity index (χ3n) is 4.91. The monoisotopic (exact) mass is 388 g/mol. The molecule has 1 fully saturated rings. The van der Waals surface area contributed by atoms with Crippen molar-refractivity contribution in [3.63, 3.8) is 0 Å². The van der Waals surface area contributed by atoms with E-state index >= 15 is 0 Å². The summed E-state index contributed by atoms with van der Waals surface area (Å²) in [6.07, 6.45) is 5.42. The maximum absolute atomic E-state index is 11.6. The molecule has 0 radical (unpaired) electrons. The van der Waals surface area contributed by atoms with E-state index in [4.69, 9.17) is 15.9 Å². The number of hydrogen-bond acceptors (Lipinski definition) is 5. The first-order valence-corrected chi connectivity index (χ1v) is 8.82. The quantitative estimate of drug-likeness (QED) is 0.412. The Balaban J connectivity index is 0.00000261. The molecule has 0 saturated heterocycles. The van der Waals surface area contributed by atoms with Crippen LogP contribution in [0.4, 0.5) is 5.82 Å². The van der Waals surface area contributed by atoms with Gasteiger partial charge in [0.2, 0.25) is 0 Å². The van der Waals surface area contributed by atoms with Gasteiger partial charge in [-0.1, -0.05) is 24.3 Å². The van der Waals surface area contributed by atoms with E-state index in [0.717, 1.165) is 42.6 Å². The molecule has 1 aliphatic carbocycles. The summed E-state index contributed by atoms with van der Waals surface area (Å²) in [5.74, 6) is 0.847. The van der Waals surface area contributed by atoms with Gasteiger partial charge < -0.3 is 15.8 Å². The van der Waals surface area contributed by atoms with Crippen LogP contribution >= 0.6 is 12.4 Å². The summed E-state index contributed by atoms with van der Waals surface area (Å²) in [7, 11) is 1.45. The summed E-state index contributed by atoms with van der Waals surface area (Å²) in [5, 5.41) is 10.9. The molecule has 0 amide bonds. The zero-order valence-electron chi connectivity index (χ0n) is 15.3. The van der Waals surface area contributed by atoms with Crippen LogP contribution in [0.5, 0.6) is 0 Å². The molecular weight excluding hydrogens is 364 g/mol. The Bertz CT molecular complexity index is 770. The number of nitrogens with zero attached hydrogens (tertiary/aromatic N) is 1. The first kappa shape index (κ1) is 20.7. The molecule has 144 valence electrons. The van der Waals surface area contributed by atoms with Crippen molar-refractivity contribution < 1.29 is 9.53 Å². The van der Waals surface area contributed by atoms with Gasteiger partial charge in [0.25, 0.3) is 0 Å². The number of nitrogen functional groups attached to an aromatic ring is 1. The Hall–Kier alpha value is -2.60. The Labute approximate surface area is 165 Å². The standard InChI is InChI=1S/C20H24N4O2.ClH/c1-26-20(25)15-6-9-17(10-7-15)24-18-11-8-16(12-23-18)13-2-4-14(5-3-13)19(21)22;/h2-5,8,11-12,15,17H,6-7,9-10H2,1H3,(H3,21,22)(H,23,24);1H. The highest BCUT2D eigenvalue weighted by molar-refractivity contribution is 5.95. The molecule has 0 unspecified atom stereocenters. The number of methoxy groups -OCH3 is 1. The average molecular weight is 389 g/mol. The minimum atomic E-state index is -0.0956. The molecule has 0 atom stereocenters. The smallest absolute Gasteiger partial charge is 0.308 e. The minimum absolute atomic E-state index is 0. The van der Waals surface area contributed by atoms with Gasteiger partial charge in [-0.25, -0.2) is 4.98 Å². The van der Waals surface area contributed by atoms with Crippen molar-refractivity contribution in [3.05, 3.63) is 48.2 Å². The zero-order valence-corrected chi connectivity index (χ0v) is 16.1. The number of nitrogens with two attached hydrogens (primary N) is 1. The Morgan fingerprint density at radius 1 is 1.11 bits per heavy atom. The van der Waals surface area contributed by atoms with Gasteiger partial charge in [0.15, 0.2) is 0 Å². The molecule has 0 bridgehead atoms. The minimum Gasteiger partial charge on any atom is -0.469 e. The number of esters is 1. The number of anilines is 1. The highest BCUT2D eigenvalue weighted by Crippen LogP contribution is 2.27. The molecule has 4 N–H and O–H groups in total. The van der Waals surface area contributed by atoms with Gasteiger partial charge in [-0.3, -0.25) is 10.2 Å². The number of carbonyl (C=O) groups is 1. The van der Waals surface area contributed by atoms with Crippen molar-refractivity contribution in [1.29, 1.82) is 5.41 Å². The molecule has 2 aromatic rings. The van der Waals surface area contributed by atoms with Crippen LogP contribution in [0, 0.1) is 11.3 Å². The van der Waals surface area contributed by atoms with Gasteiger partial charge in [-0.05, 0) is 43.4 Å². The summed E-state index contributed by atoms with van der Waals surface area (Å²) in [4.78, 5) is 16.1. The molecule has 1 saturated carbocycles. The van der Waals surface area contributed by atoms with Crippen molar-refractivity contribution in [2.45, 2.75) is 31.7 Å². The fourth-order valence-corrected chi connectivity index (χ4v) is 3.34. The highest BCUT2D eigenvalue weighted by atomic mass is 35.5. The van der Waals surface area contributed by atoms with E-state index in [2.05, 4.69) is 10.3 Å². The number of amidine groups is 1. The summed E-state index contributed by atoms with van der Waals surface area (Å²) in [5.41, 5.74) is 8.24. The molecular formula is C20H25ClN4O2. The normalized spacial score (nSPS) is 18.9. The van der Waals surface area contributed by atoms with Crippen molar-refractivity contribution >= 4 is 30.0 Å². The summed E-state index contributed by atoms with van der Waals surface area (Å²) in [6, 6.07) is 11.9. The number of rotatable bonds is 5. The molecule has 1 aliphatic rings. The van der Waals surface area contributed by atoms with Crippen molar-refractivity contribution in [3.8, 4) is 11.1 Å². The molecule has 1 aromatic carbocycles. The topological polar surface area (TPSA) is 101 Å². The van der Waals surface area contributed by atoms with E-state index in [1.165, 1.54) is 7.11 Å². The fourth-order valence-electron chi connectivity index (χ4n) is 3.34. The second kappa shape index (κ2) is 9.37. The van der Waals surface area contributed by atoms with Crippen LogP contribution in [-0.4, -0.2) is 29.9 Å². The SMILES string of the molecule is COC(=O)C1CCC(Nc2ccc(-c3ccc(C(=N)N)cc3)cn2)CC1.Cl. The van der Waals surface area contributed by atoms with Gasteiger partial charge in [0.05, 0.1) is 13.0 Å². The average Bonchev–Trinajstić information content (AvgIpc) is 2.68. The molecule has 0 spiro atoms. The number of aromatic nitrogens is 1. The first-order valence-electron chi connectivity index (χ1n) is 8.82. The van der Waals surface area contributed by atoms with Gasteiger partial charge >= 0.3 is 5.97 Å². The lowest BCUT2D eigenvalue weighted by Gasteiger charge is -2.27. The van der Waals surface area contributed by atoms with Gasteiger partial charge in [-0.2, -0.15) is 0 Å². The third kappa shape index (κ3) is 5.20. The van der Waals surface area contributed by atoms with Crippen molar-refractivity contribution in [1.82, 2.24) is 4.98 Å². The largest absolute Gasteiger partial charge is 0.469 e. The van der Waals surface area contributed by atoms with Crippen LogP contribution in [0.1, 0.15) is 31.2 Å². The predicted molar refractivity (Wildman–Crippen MR) is 109 cm³/mol. The van der Waals surface area contributed by atoms with Gasteiger partial charge in [0, 0.05) is 23.4 Å². The number of nitrogens with one attached hydrogen (secondary N) is 2. The van der Waals surface area contributed by atoms with E-state index in [-0.39, 0.29) is 30.1 Å². The van der Waals surface area contributed by atoms with Crippen LogP contribution in [0.25, 0.3) is 11.1 Å². The lowest BCUT2D eigenvalue weighted by Crippen LogP contribution is -2.30. The summed E-state index contributed by atoms with van der Waals surface area (Å²) >= 11 is 0. The van der Waals surface area contributed by atoms with E-state index in [0.29, 0.717) is 11.6 Å². The molecule has 3 rings (SSSR count). The fraction of sp³-hybridized carbons (Fsp3) is 0.350. The van der Waals surface area contributed by atoms with Gasteiger partial charge in [0.1, 0.15) is 11.7 Å². The number of ether oxygens (including phenoxy) is 1. The van der Waals surface area contributed by atoms with Crippen LogP contribution in [0.2, 0.25) is 0 Å². The van der Waals surface area contributed by atoms with E-state index in [9.17, 15) is 4.79 Å². The van der Waals surface area contributed by atoms with Crippen LogP contribution in [0.3, 0.4) is 0 Å². The molecule has 6 nitrogen and oxygen atoms in total. The third-order valence-corrected chi connectivity index (χ3v) is 4.91. The van der Waals surface area contributed by atoms with Gasteiger partial charge in [-0.15, -0.1) is 12.4 Å². The maximum Gasteiger partial charge on any atom is 0.308 e. The second-order valence-corrected chi connectivity index (χ2v) is 6.64. The molecule has 0 aliphatic heterocycles. The van der Waals surface area contributed by atoms with Crippen LogP contribution in [-0.2, 0) is 9.53 Å². The van der Waals surface area contributed by atoms with Crippen LogP contribution < -0.4 is 11.1 Å². The predicted octanol–water partition coefficient (Wildman–Crippen LogP) is 3.60. The Kier molecular flexibility index (Phi) is 7.19. The number of halogens is 1. The molecule has 7 heteroatoms. The number of benzene rings is 1.